The molecule has 0 aliphatic heterocycles. The van der Waals surface area contributed by atoms with Gasteiger partial charge in [-0.3, -0.25) is 0 Å². The SMILES string of the molecule is CN(Cc1ccc(-c2ccccc2)cc1)c1cc(C2CC(N)C2)nc(N)n1. The van der Waals surface area contributed by atoms with Gasteiger partial charge in [-0.25, -0.2) is 4.98 Å². The molecule has 0 bridgehead atoms. The van der Waals surface area contributed by atoms with Crippen LogP contribution >= 0.6 is 0 Å². The molecule has 1 aliphatic rings. The molecular weight excluding hydrogens is 334 g/mol. The summed E-state index contributed by atoms with van der Waals surface area (Å²) >= 11 is 0. The van der Waals surface area contributed by atoms with Crippen LogP contribution in [0.5, 0.6) is 0 Å². The molecule has 0 unspecified atom stereocenters. The van der Waals surface area contributed by atoms with Gasteiger partial charge in [0.2, 0.25) is 5.95 Å². The average molecular weight is 359 g/mol. The molecular formula is C22H25N5. The lowest BCUT2D eigenvalue weighted by atomic mass is 9.78. The van der Waals surface area contributed by atoms with E-state index in [0.29, 0.717) is 11.9 Å². The zero-order valence-corrected chi connectivity index (χ0v) is 15.5. The van der Waals surface area contributed by atoms with Crippen molar-refractivity contribution in [3.63, 3.8) is 0 Å². The minimum atomic E-state index is 0.287. The van der Waals surface area contributed by atoms with Gasteiger partial charge < -0.3 is 16.4 Å². The monoisotopic (exact) mass is 359 g/mol. The van der Waals surface area contributed by atoms with E-state index >= 15 is 0 Å². The zero-order chi connectivity index (χ0) is 18.8. The van der Waals surface area contributed by atoms with Crippen molar-refractivity contribution in [2.45, 2.75) is 31.3 Å². The Kier molecular flexibility index (Phi) is 4.77. The molecule has 0 atom stereocenters. The molecule has 0 saturated heterocycles. The second-order valence-electron chi connectivity index (χ2n) is 7.36. The van der Waals surface area contributed by atoms with Gasteiger partial charge in [-0.1, -0.05) is 54.6 Å². The van der Waals surface area contributed by atoms with Crippen LogP contribution in [0.25, 0.3) is 11.1 Å². The highest BCUT2D eigenvalue weighted by Crippen LogP contribution is 2.35. The molecule has 27 heavy (non-hydrogen) atoms. The predicted octanol–water partition coefficient (Wildman–Crippen LogP) is 3.57. The standard InChI is InChI=1S/C22H25N5/c1-27(21-13-20(25-22(24)26-21)18-11-19(23)12-18)14-15-7-9-17(10-8-15)16-5-3-2-4-6-16/h2-10,13,18-19H,11-12,14,23H2,1H3,(H2,24,25,26). The molecule has 1 saturated carbocycles. The quantitative estimate of drug-likeness (QED) is 0.728. The summed E-state index contributed by atoms with van der Waals surface area (Å²) in [6, 6.07) is 21.4. The third-order valence-corrected chi connectivity index (χ3v) is 5.21. The van der Waals surface area contributed by atoms with Crippen LogP contribution in [0.3, 0.4) is 0 Å². The summed E-state index contributed by atoms with van der Waals surface area (Å²) in [4.78, 5) is 10.9. The molecule has 3 aromatic rings. The van der Waals surface area contributed by atoms with Gasteiger partial charge in [-0.05, 0) is 29.5 Å². The molecule has 4 N–H and O–H groups in total. The van der Waals surface area contributed by atoms with Crippen LogP contribution in [0.15, 0.2) is 60.7 Å². The smallest absolute Gasteiger partial charge is 0.222 e. The van der Waals surface area contributed by atoms with Gasteiger partial charge in [0.15, 0.2) is 0 Å². The number of nitrogens with two attached hydrogens (primary N) is 2. The maximum Gasteiger partial charge on any atom is 0.222 e. The first-order chi connectivity index (χ1) is 13.1. The number of anilines is 2. The first-order valence-corrected chi connectivity index (χ1v) is 9.34. The largest absolute Gasteiger partial charge is 0.368 e. The zero-order valence-electron chi connectivity index (χ0n) is 15.5. The maximum absolute atomic E-state index is 5.95. The van der Waals surface area contributed by atoms with E-state index in [-0.39, 0.29) is 6.04 Å². The highest BCUT2D eigenvalue weighted by Gasteiger charge is 2.29. The van der Waals surface area contributed by atoms with Gasteiger partial charge in [0, 0.05) is 31.6 Å². The third-order valence-electron chi connectivity index (χ3n) is 5.21. The van der Waals surface area contributed by atoms with Crippen LogP contribution in [-0.4, -0.2) is 23.1 Å². The lowest BCUT2D eigenvalue weighted by Crippen LogP contribution is -2.35. The minimum Gasteiger partial charge on any atom is -0.368 e. The summed E-state index contributed by atoms with van der Waals surface area (Å²) in [5, 5.41) is 0. The van der Waals surface area contributed by atoms with Crippen molar-refractivity contribution in [3.8, 4) is 11.1 Å². The molecule has 1 aliphatic carbocycles. The Hall–Kier alpha value is -2.92. The first-order valence-electron chi connectivity index (χ1n) is 9.34. The molecule has 4 rings (SSSR count). The number of aromatic nitrogens is 2. The van der Waals surface area contributed by atoms with E-state index in [1.54, 1.807) is 0 Å². The Labute approximate surface area is 160 Å². The third kappa shape index (κ3) is 3.93. The van der Waals surface area contributed by atoms with E-state index in [4.69, 9.17) is 11.5 Å². The van der Waals surface area contributed by atoms with Gasteiger partial charge >= 0.3 is 0 Å². The Morgan fingerprint density at radius 1 is 0.963 bits per heavy atom. The minimum absolute atomic E-state index is 0.287. The number of rotatable bonds is 5. The van der Waals surface area contributed by atoms with Gasteiger partial charge in [0.05, 0.1) is 5.69 Å². The van der Waals surface area contributed by atoms with Gasteiger partial charge in [0.1, 0.15) is 5.82 Å². The second-order valence-corrected chi connectivity index (χ2v) is 7.36. The van der Waals surface area contributed by atoms with E-state index in [1.165, 1.54) is 16.7 Å². The second kappa shape index (κ2) is 7.37. The Morgan fingerprint density at radius 3 is 2.30 bits per heavy atom. The van der Waals surface area contributed by atoms with Crippen molar-refractivity contribution < 1.29 is 0 Å². The van der Waals surface area contributed by atoms with Crippen LogP contribution in [0.2, 0.25) is 0 Å². The number of nitrogens with zero attached hydrogens (tertiary/aromatic N) is 3. The van der Waals surface area contributed by atoms with Gasteiger partial charge in [-0.2, -0.15) is 4.98 Å². The summed E-state index contributed by atoms with van der Waals surface area (Å²) in [6.07, 6.45) is 1.95. The number of benzene rings is 2. The Morgan fingerprint density at radius 2 is 1.63 bits per heavy atom. The summed E-state index contributed by atoms with van der Waals surface area (Å²) in [6.45, 7) is 0.759. The lowest BCUT2D eigenvalue weighted by molar-refractivity contribution is 0.345. The molecule has 5 nitrogen and oxygen atoms in total. The molecule has 138 valence electrons. The topological polar surface area (TPSA) is 81.1 Å². The highest BCUT2D eigenvalue weighted by atomic mass is 15.2. The summed E-state index contributed by atoms with van der Waals surface area (Å²) in [5.74, 6) is 1.59. The molecule has 1 fully saturated rings. The number of hydrogen-bond donors (Lipinski definition) is 2. The van der Waals surface area contributed by atoms with E-state index in [2.05, 4.69) is 63.4 Å². The molecule has 1 heterocycles. The molecule has 0 spiro atoms. The van der Waals surface area contributed by atoms with Gasteiger partial charge in [0.25, 0.3) is 0 Å². The summed E-state index contributed by atoms with van der Waals surface area (Å²) in [7, 11) is 2.03. The molecule has 1 aromatic heterocycles. The molecule has 2 aromatic carbocycles. The maximum atomic E-state index is 5.95. The highest BCUT2D eigenvalue weighted by molar-refractivity contribution is 5.63. The van der Waals surface area contributed by atoms with Crippen LogP contribution < -0.4 is 16.4 Å². The van der Waals surface area contributed by atoms with Crippen LogP contribution in [0.4, 0.5) is 11.8 Å². The first kappa shape index (κ1) is 17.5. The molecule has 0 amide bonds. The summed E-state index contributed by atoms with van der Waals surface area (Å²) < 4.78 is 0. The van der Waals surface area contributed by atoms with Crippen molar-refractivity contribution in [1.29, 1.82) is 0 Å². The average Bonchev–Trinajstić information content (AvgIpc) is 2.66. The number of hydrogen-bond acceptors (Lipinski definition) is 5. The van der Waals surface area contributed by atoms with Crippen molar-refractivity contribution in [3.05, 3.63) is 71.9 Å². The number of nitrogen functional groups attached to an aromatic ring is 1. The van der Waals surface area contributed by atoms with Crippen molar-refractivity contribution in [1.82, 2.24) is 9.97 Å². The van der Waals surface area contributed by atoms with E-state index in [1.807, 2.05) is 19.2 Å². The van der Waals surface area contributed by atoms with E-state index in [9.17, 15) is 0 Å². The predicted molar refractivity (Wildman–Crippen MR) is 110 cm³/mol. The van der Waals surface area contributed by atoms with Crippen molar-refractivity contribution in [2.24, 2.45) is 5.73 Å². The lowest BCUT2D eigenvalue weighted by Gasteiger charge is -2.32. The molecule has 5 heteroatoms. The van der Waals surface area contributed by atoms with Crippen LogP contribution in [0, 0.1) is 0 Å². The fourth-order valence-corrected chi connectivity index (χ4v) is 3.57. The van der Waals surface area contributed by atoms with Crippen molar-refractivity contribution in [2.75, 3.05) is 17.7 Å². The Balaban J connectivity index is 1.48. The Bertz CT molecular complexity index is 902. The molecule has 0 radical (unpaired) electrons. The van der Waals surface area contributed by atoms with Crippen molar-refractivity contribution >= 4 is 11.8 Å². The van der Waals surface area contributed by atoms with Crippen LogP contribution in [-0.2, 0) is 6.54 Å². The fourth-order valence-electron chi connectivity index (χ4n) is 3.57. The van der Waals surface area contributed by atoms with Crippen LogP contribution in [0.1, 0.15) is 30.0 Å². The van der Waals surface area contributed by atoms with E-state index in [0.717, 1.165) is 30.9 Å². The normalized spacial score (nSPS) is 18.7. The fraction of sp³-hybridized carbons (Fsp3) is 0.273. The van der Waals surface area contributed by atoms with E-state index < -0.39 is 0 Å². The van der Waals surface area contributed by atoms with Gasteiger partial charge in [-0.15, -0.1) is 0 Å². The summed E-state index contributed by atoms with van der Waals surface area (Å²) in [5.41, 5.74) is 16.5.